The van der Waals surface area contributed by atoms with E-state index in [0.717, 1.165) is 22.3 Å². The van der Waals surface area contributed by atoms with E-state index in [1.807, 2.05) is 11.8 Å². The molecule has 1 fully saturated rings. The molecule has 3 aromatic rings. The number of phenols is 1. The number of benzene rings is 2. The van der Waals surface area contributed by atoms with Crippen LogP contribution in [0.4, 0.5) is 0 Å². The first-order chi connectivity index (χ1) is 14.4. The lowest BCUT2D eigenvalue weighted by Crippen LogP contribution is -2.13. The van der Waals surface area contributed by atoms with Crippen LogP contribution in [0.2, 0.25) is 0 Å². The van der Waals surface area contributed by atoms with Gasteiger partial charge in [0.05, 0.1) is 5.69 Å². The van der Waals surface area contributed by atoms with Crippen LogP contribution in [0.15, 0.2) is 48.8 Å². The highest BCUT2D eigenvalue weighted by molar-refractivity contribution is 7.99. The van der Waals surface area contributed by atoms with Gasteiger partial charge in [0.1, 0.15) is 5.75 Å². The van der Waals surface area contributed by atoms with Crippen LogP contribution in [0.5, 0.6) is 5.75 Å². The van der Waals surface area contributed by atoms with Crippen molar-refractivity contribution >= 4 is 22.5 Å². The van der Waals surface area contributed by atoms with Crippen molar-refractivity contribution in [2.75, 3.05) is 0 Å². The fourth-order valence-electron chi connectivity index (χ4n) is 4.43. The molecule has 0 bridgehead atoms. The van der Waals surface area contributed by atoms with Crippen molar-refractivity contribution in [3.8, 4) is 11.4 Å². The summed E-state index contributed by atoms with van der Waals surface area (Å²) in [7, 11) is 0. The number of hydrogen-bond acceptors (Lipinski definition) is 2. The molecule has 2 nitrogen and oxygen atoms in total. The van der Waals surface area contributed by atoms with Gasteiger partial charge in [-0.3, -0.25) is 0 Å². The zero-order valence-corrected chi connectivity index (χ0v) is 19.5. The van der Waals surface area contributed by atoms with Crippen molar-refractivity contribution in [2.24, 2.45) is 0 Å². The molecule has 1 saturated carbocycles. The molecule has 0 saturated heterocycles. The number of thioether (sulfide) groups is 1. The van der Waals surface area contributed by atoms with Gasteiger partial charge in [0.15, 0.2) is 0 Å². The average molecular weight is 422 g/mol. The molecular formula is C27H35NOS. The predicted molar refractivity (Wildman–Crippen MR) is 131 cm³/mol. The minimum atomic E-state index is 0.0364. The van der Waals surface area contributed by atoms with Crippen LogP contribution in [0, 0.1) is 0 Å². The average Bonchev–Trinajstić information content (AvgIpc) is 3.11. The molecule has 1 aliphatic rings. The van der Waals surface area contributed by atoms with Gasteiger partial charge in [-0.2, -0.15) is 11.8 Å². The summed E-state index contributed by atoms with van der Waals surface area (Å²) in [5.74, 6) is 1.32. The van der Waals surface area contributed by atoms with Crippen LogP contribution < -0.4 is 0 Å². The van der Waals surface area contributed by atoms with E-state index in [9.17, 15) is 5.11 Å². The van der Waals surface area contributed by atoms with Crippen molar-refractivity contribution in [1.82, 2.24) is 4.57 Å². The number of aromatic hydroxyl groups is 1. The van der Waals surface area contributed by atoms with Gasteiger partial charge in [-0.05, 0) is 40.7 Å². The molecule has 0 aliphatic heterocycles. The van der Waals surface area contributed by atoms with E-state index in [1.54, 1.807) is 0 Å². The first kappa shape index (κ1) is 21.4. The maximum absolute atomic E-state index is 11.3. The highest BCUT2D eigenvalue weighted by Gasteiger charge is 2.21. The van der Waals surface area contributed by atoms with Gasteiger partial charge >= 0.3 is 0 Å². The second-order valence-electron chi connectivity index (χ2n) is 9.83. The van der Waals surface area contributed by atoms with Gasteiger partial charge in [0, 0.05) is 29.0 Å². The molecule has 1 aromatic heterocycles. The van der Waals surface area contributed by atoms with Gasteiger partial charge in [-0.15, -0.1) is 0 Å². The van der Waals surface area contributed by atoms with Crippen molar-refractivity contribution in [1.29, 1.82) is 0 Å². The SMILES string of the molecule is CC(C)(C)c1cc(CSC2CCCCCCC2)c(O)c(-n2cc3ccccc3c2)c1. The van der Waals surface area contributed by atoms with E-state index in [4.69, 9.17) is 0 Å². The molecule has 0 unspecified atom stereocenters. The Morgan fingerprint density at radius 2 is 1.53 bits per heavy atom. The number of aromatic nitrogens is 1. The van der Waals surface area contributed by atoms with Gasteiger partial charge in [0.25, 0.3) is 0 Å². The molecule has 4 rings (SSSR count). The molecule has 1 N–H and O–H groups in total. The van der Waals surface area contributed by atoms with Gasteiger partial charge in [-0.25, -0.2) is 0 Å². The van der Waals surface area contributed by atoms with E-state index in [1.165, 1.54) is 61.3 Å². The van der Waals surface area contributed by atoms with Crippen LogP contribution in [-0.4, -0.2) is 14.9 Å². The van der Waals surface area contributed by atoms with Gasteiger partial charge in [0.2, 0.25) is 0 Å². The first-order valence-corrected chi connectivity index (χ1v) is 12.5. The fourth-order valence-corrected chi connectivity index (χ4v) is 5.73. The lowest BCUT2D eigenvalue weighted by Gasteiger charge is -2.24. The second kappa shape index (κ2) is 9.09. The lowest BCUT2D eigenvalue weighted by atomic mass is 9.85. The zero-order chi connectivity index (χ0) is 21.1. The highest BCUT2D eigenvalue weighted by Crippen LogP contribution is 2.38. The first-order valence-electron chi connectivity index (χ1n) is 11.5. The van der Waals surface area contributed by atoms with E-state index >= 15 is 0 Å². The minimum Gasteiger partial charge on any atom is -0.505 e. The standard InChI is InChI=1S/C27H35NOS/c1-27(2,3)23-15-22(19-30-24-13-7-5-4-6-8-14-24)26(29)25(16-23)28-17-20-11-9-10-12-21(20)18-28/h9-12,15-18,24,29H,4-8,13-14,19H2,1-3H3. The van der Waals surface area contributed by atoms with Crippen molar-refractivity contribution in [3.63, 3.8) is 0 Å². The Morgan fingerprint density at radius 1 is 0.933 bits per heavy atom. The molecule has 0 spiro atoms. The van der Waals surface area contributed by atoms with Crippen LogP contribution in [0.1, 0.15) is 76.8 Å². The number of nitrogens with zero attached hydrogens (tertiary/aromatic N) is 1. The largest absolute Gasteiger partial charge is 0.505 e. The highest BCUT2D eigenvalue weighted by atomic mass is 32.2. The van der Waals surface area contributed by atoms with Gasteiger partial charge in [-0.1, -0.05) is 83.2 Å². The maximum atomic E-state index is 11.3. The quantitative estimate of drug-likeness (QED) is 0.462. The fraction of sp³-hybridized carbons (Fsp3) is 0.481. The number of rotatable bonds is 4. The smallest absolute Gasteiger partial charge is 0.143 e. The van der Waals surface area contributed by atoms with Crippen molar-refractivity contribution in [3.05, 3.63) is 59.9 Å². The zero-order valence-electron chi connectivity index (χ0n) is 18.7. The summed E-state index contributed by atoms with van der Waals surface area (Å²) in [6, 6.07) is 12.8. The second-order valence-corrected chi connectivity index (χ2v) is 11.1. The van der Waals surface area contributed by atoms with Gasteiger partial charge < -0.3 is 9.67 Å². The number of hydrogen-bond donors (Lipinski definition) is 1. The van der Waals surface area contributed by atoms with Crippen LogP contribution in [-0.2, 0) is 11.2 Å². The van der Waals surface area contributed by atoms with E-state index < -0.39 is 0 Å². The summed E-state index contributed by atoms with van der Waals surface area (Å²) in [6.07, 6.45) is 13.8. The predicted octanol–water partition coefficient (Wildman–Crippen LogP) is 7.98. The summed E-state index contributed by atoms with van der Waals surface area (Å²) in [5.41, 5.74) is 3.28. The summed E-state index contributed by atoms with van der Waals surface area (Å²) in [6.45, 7) is 6.75. The molecule has 160 valence electrons. The molecule has 3 heteroatoms. The van der Waals surface area contributed by atoms with E-state index in [-0.39, 0.29) is 5.41 Å². The molecule has 0 amide bonds. The lowest BCUT2D eigenvalue weighted by molar-refractivity contribution is 0.466. The monoisotopic (exact) mass is 421 g/mol. The topological polar surface area (TPSA) is 25.2 Å². The Bertz CT molecular complexity index is 957. The molecular weight excluding hydrogens is 386 g/mol. The van der Waals surface area contributed by atoms with Crippen molar-refractivity contribution < 1.29 is 5.11 Å². The third kappa shape index (κ3) is 4.88. The van der Waals surface area contributed by atoms with Crippen molar-refractivity contribution in [2.45, 2.75) is 82.1 Å². The van der Waals surface area contributed by atoms with Crippen LogP contribution >= 0.6 is 11.8 Å². The summed E-state index contributed by atoms with van der Waals surface area (Å²) in [5, 5.41) is 14.4. The molecule has 1 heterocycles. The van der Waals surface area contributed by atoms with E-state index in [2.05, 4.69) is 74.1 Å². The molecule has 1 aliphatic carbocycles. The Balaban J connectivity index is 1.66. The van der Waals surface area contributed by atoms with Crippen LogP contribution in [0.25, 0.3) is 16.5 Å². The Labute approximate surface area is 185 Å². The Morgan fingerprint density at radius 3 is 2.13 bits per heavy atom. The molecule has 0 radical (unpaired) electrons. The molecule has 2 aromatic carbocycles. The molecule has 0 atom stereocenters. The number of fused-ring (bicyclic) bond motifs is 1. The minimum absolute atomic E-state index is 0.0364. The summed E-state index contributed by atoms with van der Waals surface area (Å²) in [4.78, 5) is 0. The van der Waals surface area contributed by atoms with E-state index in [0.29, 0.717) is 5.75 Å². The van der Waals surface area contributed by atoms with Crippen LogP contribution in [0.3, 0.4) is 0 Å². The Hall–Kier alpha value is -1.87. The summed E-state index contributed by atoms with van der Waals surface area (Å²) < 4.78 is 2.10. The Kier molecular flexibility index (Phi) is 6.48. The maximum Gasteiger partial charge on any atom is 0.143 e. The normalized spacial score (nSPS) is 16.5. The number of phenolic OH excluding ortho intramolecular Hbond substituents is 1. The third-order valence-corrected chi connectivity index (χ3v) is 7.81. The summed E-state index contributed by atoms with van der Waals surface area (Å²) >= 11 is 2.05. The molecule has 30 heavy (non-hydrogen) atoms. The third-order valence-electron chi connectivity index (χ3n) is 6.39.